The van der Waals surface area contributed by atoms with Crippen molar-refractivity contribution in [3.8, 4) is 0 Å². The van der Waals surface area contributed by atoms with Crippen molar-refractivity contribution in [3.63, 3.8) is 0 Å². The summed E-state index contributed by atoms with van der Waals surface area (Å²) in [5.41, 5.74) is -0.565. The molecule has 11 nitrogen and oxygen atoms in total. The van der Waals surface area contributed by atoms with Crippen molar-refractivity contribution in [1.29, 1.82) is 0 Å². The second-order valence-corrected chi connectivity index (χ2v) is 12.0. The number of ether oxygens (including phenoxy) is 1. The Labute approximate surface area is 228 Å². The van der Waals surface area contributed by atoms with Crippen LogP contribution in [0, 0.1) is 23.7 Å². The van der Waals surface area contributed by atoms with Crippen LogP contribution in [-0.2, 0) is 25.8 Å². The molecule has 3 saturated heterocycles. The quantitative estimate of drug-likeness (QED) is 0.415. The highest BCUT2D eigenvalue weighted by Crippen LogP contribution is 2.65. The van der Waals surface area contributed by atoms with E-state index in [0.29, 0.717) is 24.9 Å². The van der Waals surface area contributed by atoms with Crippen molar-refractivity contribution in [3.05, 3.63) is 24.3 Å². The third kappa shape index (κ3) is 4.21. The van der Waals surface area contributed by atoms with Crippen LogP contribution in [0.1, 0.15) is 53.9 Å². The lowest BCUT2D eigenvalue weighted by Gasteiger charge is -2.37. The number of nitrogens with one attached hydrogen (secondary N) is 2. The first-order valence-electron chi connectivity index (χ1n) is 14.1. The van der Waals surface area contributed by atoms with Gasteiger partial charge in [-0.3, -0.25) is 14.4 Å². The summed E-state index contributed by atoms with van der Waals surface area (Å²) in [6, 6.07) is 5.89. The highest BCUT2D eigenvalue weighted by atomic mass is 16.5. The van der Waals surface area contributed by atoms with Crippen LogP contribution in [0.4, 0.5) is 0 Å². The summed E-state index contributed by atoms with van der Waals surface area (Å²) in [6.07, 6.45) is 1.75. The van der Waals surface area contributed by atoms with E-state index in [-0.39, 0.29) is 36.9 Å². The van der Waals surface area contributed by atoms with Crippen molar-refractivity contribution in [2.75, 3.05) is 13.2 Å². The topological polar surface area (TPSA) is 139 Å². The van der Waals surface area contributed by atoms with Crippen LogP contribution >= 0.6 is 0 Å². The zero-order valence-electron chi connectivity index (χ0n) is 23.4. The lowest BCUT2D eigenvalue weighted by molar-refractivity contribution is -0.151. The van der Waals surface area contributed by atoms with E-state index in [1.807, 2.05) is 58.9 Å². The van der Waals surface area contributed by atoms with E-state index in [1.54, 1.807) is 4.68 Å². The third-order valence-electron chi connectivity index (χ3n) is 9.00. The number of carbonyl (C=O) groups is 3. The predicted octanol–water partition coefficient (Wildman–Crippen LogP) is 1.45. The molecule has 3 N–H and O–H groups in total. The fraction of sp³-hybridized carbons (Fsp3) is 0.679. The van der Waals surface area contributed by atoms with E-state index in [2.05, 4.69) is 20.9 Å². The molecule has 2 aromatic rings. The summed E-state index contributed by atoms with van der Waals surface area (Å²) in [5, 5.41) is 24.7. The Kier molecular flexibility index (Phi) is 7.17. The molecule has 0 aliphatic carbocycles. The third-order valence-corrected chi connectivity index (χ3v) is 9.00. The molecule has 0 radical (unpaired) electrons. The molecule has 3 aliphatic heterocycles. The average Bonchev–Trinajstić information content (AvgIpc) is 3.57. The molecule has 39 heavy (non-hydrogen) atoms. The molecular formula is C28H40N6O5. The predicted molar refractivity (Wildman–Crippen MR) is 143 cm³/mol. The maximum Gasteiger partial charge on any atom is 0.247 e. The first kappa shape index (κ1) is 27.5. The lowest BCUT2D eigenvalue weighted by Crippen LogP contribution is -2.58. The number of aromatic nitrogens is 3. The highest BCUT2D eigenvalue weighted by molar-refractivity contribution is 5.99. The molecule has 11 heteroatoms. The van der Waals surface area contributed by atoms with Gasteiger partial charge in [0.25, 0.3) is 0 Å². The molecule has 3 fully saturated rings. The van der Waals surface area contributed by atoms with Crippen molar-refractivity contribution < 1.29 is 24.2 Å². The van der Waals surface area contributed by atoms with Crippen LogP contribution in [0.2, 0.25) is 0 Å². The van der Waals surface area contributed by atoms with E-state index < -0.39 is 41.0 Å². The number of fused-ring (bicyclic) bond motifs is 2. The van der Waals surface area contributed by atoms with Gasteiger partial charge in [-0.25, -0.2) is 4.68 Å². The van der Waals surface area contributed by atoms with Crippen molar-refractivity contribution in [1.82, 2.24) is 30.5 Å². The van der Waals surface area contributed by atoms with Gasteiger partial charge in [0, 0.05) is 6.54 Å². The van der Waals surface area contributed by atoms with Gasteiger partial charge in [-0.05, 0) is 50.2 Å². The van der Waals surface area contributed by atoms with E-state index in [1.165, 1.54) is 4.90 Å². The zero-order chi connectivity index (χ0) is 28.1. The number of para-hydroxylation sites is 1. The normalized spacial score (nSPS) is 32.2. The minimum absolute atomic E-state index is 0.0499. The summed E-state index contributed by atoms with van der Waals surface area (Å²) < 4.78 is 8.33. The lowest BCUT2D eigenvalue weighted by atomic mass is 9.62. The summed E-state index contributed by atoms with van der Waals surface area (Å²) in [7, 11) is 0. The summed E-state index contributed by atoms with van der Waals surface area (Å²) in [4.78, 5) is 43.4. The Morgan fingerprint density at radius 2 is 1.97 bits per heavy atom. The van der Waals surface area contributed by atoms with Gasteiger partial charge in [-0.1, -0.05) is 45.0 Å². The average molecular weight is 541 g/mol. The number of benzene rings is 1. The maximum atomic E-state index is 14.3. The van der Waals surface area contributed by atoms with Gasteiger partial charge in [0.1, 0.15) is 23.8 Å². The highest BCUT2D eigenvalue weighted by Gasteiger charge is 2.80. The number of aliphatic hydroxyl groups excluding tert-OH is 1. The fourth-order valence-electron chi connectivity index (χ4n) is 7.23. The number of nitrogens with zero attached hydrogens (tertiary/aromatic N) is 4. The molecule has 2 bridgehead atoms. The van der Waals surface area contributed by atoms with Gasteiger partial charge < -0.3 is 25.4 Å². The maximum absolute atomic E-state index is 14.3. The summed E-state index contributed by atoms with van der Waals surface area (Å²) in [5.74, 6) is -2.31. The van der Waals surface area contributed by atoms with Crippen LogP contribution in [0.5, 0.6) is 0 Å². The zero-order valence-corrected chi connectivity index (χ0v) is 23.4. The number of hydrogen-bond donors (Lipinski definition) is 3. The molecule has 212 valence electrons. The van der Waals surface area contributed by atoms with Crippen LogP contribution in [0.15, 0.2) is 24.3 Å². The molecule has 3 aliphatic rings. The van der Waals surface area contributed by atoms with Crippen LogP contribution in [-0.4, -0.2) is 79.2 Å². The van der Waals surface area contributed by atoms with Gasteiger partial charge in [0.05, 0.1) is 35.6 Å². The molecule has 3 amide bonds. The van der Waals surface area contributed by atoms with Crippen LogP contribution < -0.4 is 10.6 Å². The molecule has 4 heterocycles. The standard InChI is InChI=1S/C28H40N6O5/c1-6-11-29-24(36)21-22-26(38)34(18(14-35)12-16(2)3)23(28(22)13-17(4)27(21,5)39-28)25(37)30-15-33-20-10-8-7-9-19(20)31-32-33/h7-10,16-18,21-23,35H,6,11-15H2,1-5H3,(H,29,36)(H,30,37)/t17?,18-,21+,22+,23?,27-,28?/m1/s1. The second-order valence-electron chi connectivity index (χ2n) is 12.0. The Morgan fingerprint density at radius 1 is 1.23 bits per heavy atom. The van der Waals surface area contributed by atoms with Gasteiger partial charge in [0.15, 0.2) is 0 Å². The van der Waals surface area contributed by atoms with Crippen LogP contribution in [0.25, 0.3) is 11.0 Å². The van der Waals surface area contributed by atoms with E-state index in [4.69, 9.17) is 4.74 Å². The van der Waals surface area contributed by atoms with Gasteiger partial charge in [-0.15, -0.1) is 5.10 Å². The largest absolute Gasteiger partial charge is 0.394 e. The van der Waals surface area contributed by atoms with Gasteiger partial charge in [-0.2, -0.15) is 0 Å². The Morgan fingerprint density at radius 3 is 2.67 bits per heavy atom. The van der Waals surface area contributed by atoms with E-state index in [0.717, 1.165) is 11.9 Å². The number of rotatable bonds is 10. The number of likely N-dealkylation sites (tertiary alicyclic amines) is 1. The van der Waals surface area contributed by atoms with Crippen molar-refractivity contribution in [2.24, 2.45) is 23.7 Å². The van der Waals surface area contributed by atoms with Crippen molar-refractivity contribution >= 4 is 28.8 Å². The smallest absolute Gasteiger partial charge is 0.247 e. The Balaban J connectivity index is 1.52. The minimum atomic E-state index is -1.17. The Bertz CT molecular complexity index is 1260. The second kappa shape index (κ2) is 10.2. The Hall–Kier alpha value is -3.05. The molecule has 0 saturated carbocycles. The van der Waals surface area contributed by atoms with Gasteiger partial charge in [0.2, 0.25) is 17.7 Å². The SMILES string of the molecule is CCCNC(=O)[C@@H]1[C@H]2C(=O)N([C@@H](CO)CC(C)C)C(C(=O)NCn3nnc4ccccc43)C23CC(C)[C@@]1(C)O3. The molecule has 7 atom stereocenters. The number of carbonyl (C=O) groups excluding carboxylic acids is 3. The van der Waals surface area contributed by atoms with Crippen molar-refractivity contribution in [2.45, 2.75) is 83.8 Å². The summed E-state index contributed by atoms with van der Waals surface area (Å²) >= 11 is 0. The molecule has 3 unspecified atom stereocenters. The first-order chi connectivity index (χ1) is 18.6. The van der Waals surface area contributed by atoms with E-state index >= 15 is 0 Å². The monoisotopic (exact) mass is 540 g/mol. The fourth-order valence-corrected chi connectivity index (χ4v) is 7.23. The number of hydrogen-bond acceptors (Lipinski definition) is 7. The van der Waals surface area contributed by atoms with Crippen LogP contribution in [0.3, 0.4) is 0 Å². The molecule has 1 aromatic heterocycles. The van der Waals surface area contributed by atoms with Gasteiger partial charge >= 0.3 is 0 Å². The molecule has 5 rings (SSSR count). The minimum Gasteiger partial charge on any atom is -0.394 e. The first-order valence-corrected chi connectivity index (χ1v) is 14.1. The molecular weight excluding hydrogens is 500 g/mol. The number of amides is 3. The number of aliphatic hydroxyl groups is 1. The molecule has 1 spiro atoms. The van der Waals surface area contributed by atoms with E-state index in [9.17, 15) is 19.5 Å². The summed E-state index contributed by atoms with van der Waals surface area (Å²) in [6.45, 7) is 10.2. The molecule has 1 aromatic carbocycles.